The van der Waals surface area contributed by atoms with Crippen LogP contribution in [0.15, 0.2) is 48.8 Å². The molecule has 0 aliphatic carbocycles. The minimum Gasteiger partial charge on any atom is -0.298 e. The quantitative estimate of drug-likeness (QED) is 0.639. The lowest BCUT2D eigenvalue weighted by atomic mass is 10.2. The first-order chi connectivity index (χ1) is 8.27. The van der Waals surface area contributed by atoms with Crippen molar-refractivity contribution in [3.8, 4) is 11.4 Å². The lowest BCUT2D eigenvalue weighted by molar-refractivity contribution is 1.16. The van der Waals surface area contributed by atoms with E-state index in [-0.39, 0.29) is 0 Å². The molecule has 0 unspecified atom stereocenters. The van der Waals surface area contributed by atoms with Crippen LogP contribution < -0.4 is 0 Å². The van der Waals surface area contributed by atoms with E-state index in [1.165, 1.54) is 0 Å². The number of fused-ring (bicyclic) bond motifs is 1. The number of nitrogens with zero attached hydrogens (tertiary/aromatic N) is 2. The number of benzene rings is 1. The fourth-order valence-corrected chi connectivity index (χ4v) is 2.26. The third kappa shape index (κ3) is 1.70. The topological polar surface area (TPSA) is 17.3 Å². The van der Waals surface area contributed by atoms with Gasteiger partial charge in [0.05, 0.1) is 21.8 Å². The van der Waals surface area contributed by atoms with Crippen molar-refractivity contribution in [1.29, 1.82) is 0 Å². The Bertz CT molecular complexity index is 689. The molecule has 2 heterocycles. The Morgan fingerprint density at radius 1 is 0.941 bits per heavy atom. The number of pyridine rings is 1. The predicted molar refractivity (Wildman–Crippen MR) is 70.6 cm³/mol. The van der Waals surface area contributed by atoms with Crippen molar-refractivity contribution in [3.05, 3.63) is 58.8 Å². The molecular weight excluding hydrogens is 255 g/mol. The van der Waals surface area contributed by atoms with E-state index in [0.717, 1.165) is 16.9 Å². The van der Waals surface area contributed by atoms with Gasteiger partial charge in [-0.1, -0.05) is 35.3 Å². The van der Waals surface area contributed by atoms with Crippen molar-refractivity contribution >= 4 is 28.7 Å². The second-order valence-corrected chi connectivity index (χ2v) is 4.49. The van der Waals surface area contributed by atoms with Gasteiger partial charge in [-0.05, 0) is 24.3 Å². The smallest absolute Gasteiger partial charge is 0.146 e. The molecule has 0 spiro atoms. The van der Waals surface area contributed by atoms with E-state index in [1.54, 1.807) is 6.20 Å². The Labute approximate surface area is 108 Å². The lowest BCUT2D eigenvalue weighted by Gasteiger charge is -2.03. The van der Waals surface area contributed by atoms with Crippen LogP contribution in [0, 0.1) is 0 Å². The molecule has 0 radical (unpaired) electrons. The summed E-state index contributed by atoms with van der Waals surface area (Å²) in [6, 6.07) is 11.4. The first kappa shape index (κ1) is 10.6. The molecule has 17 heavy (non-hydrogen) atoms. The van der Waals surface area contributed by atoms with Crippen LogP contribution in [-0.2, 0) is 0 Å². The van der Waals surface area contributed by atoms with Crippen molar-refractivity contribution < 1.29 is 0 Å². The van der Waals surface area contributed by atoms with Crippen LogP contribution in [0.4, 0.5) is 0 Å². The van der Waals surface area contributed by atoms with Crippen LogP contribution in [-0.4, -0.2) is 9.38 Å². The van der Waals surface area contributed by atoms with Gasteiger partial charge >= 0.3 is 0 Å². The number of hydrogen-bond donors (Lipinski definition) is 0. The number of hydrogen-bond acceptors (Lipinski definition) is 1. The highest BCUT2D eigenvalue weighted by Crippen LogP contribution is 2.28. The van der Waals surface area contributed by atoms with E-state index >= 15 is 0 Å². The van der Waals surface area contributed by atoms with Crippen LogP contribution in [0.1, 0.15) is 0 Å². The molecule has 2 nitrogen and oxygen atoms in total. The van der Waals surface area contributed by atoms with Crippen LogP contribution in [0.2, 0.25) is 10.0 Å². The maximum atomic E-state index is 6.17. The first-order valence-electron chi connectivity index (χ1n) is 5.14. The zero-order valence-electron chi connectivity index (χ0n) is 8.77. The van der Waals surface area contributed by atoms with E-state index in [1.807, 2.05) is 47.0 Å². The molecule has 0 atom stereocenters. The maximum Gasteiger partial charge on any atom is 0.146 e. The summed E-state index contributed by atoms with van der Waals surface area (Å²) in [5, 5.41) is 1.36. The maximum absolute atomic E-state index is 6.17. The molecule has 0 amide bonds. The minimum atomic E-state index is 0.679. The summed E-state index contributed by atoms with van der Waals surface area (Å²) in [4.78, 5) is 4.38. The molecule has 3 aromatic rings. The Kier molecular flexibility index (Phi) is 2.54. The zero-order valence-corrected chi connectivity index (χ0v) is 10.3. The Balaban J connectivity index is 2.33. The molecule has 0 N–H and O–H groups in total. The molecule has 0 bridgehead atoms. The highest BCUT2D eigenvalue weighted by molar-refractivity contribution is 6.34. The fourth-order valence-electron chi connectivity index (χ4n) is 1.83. The largest absolute Gasteiger partial charge is 0.298 e. The van der Waals surface area contributed by atoms with Gasteiger partial charge in [-0.2, -0.15) is 0 Å². The third-order valence-corrected chi connectivity index (χ3v) is 3.28. The molecule has 0 fully saturated rings. The standard InChI is InChI=1S/C13H8Cl2N2/c14-10-5-2-1-4-9(10)13-16-8-12-11(15)6-3-7-17(12)13/h1-8H. The number of halogens is 2. The van der Waals surface area contributed by atoms with E-state index in [9.17, 15) is 0 Å². The van der Waals surface area contributed by atoms with Crippen LogP contribution in [0.3, 0.4) is 0 Å². The van der Waals surface area contributed by atoms with Gasteiger partial charge in [0, 0.05) is 11.8 Å². The average Bonchev–Trinajstić information content (AvgIpc) is 2.75. The summed E-state index contributed by atoms with van der Waals surface area (Å²) >= 11 is 12.3. The number of imidazole rings is 1. The van der Waals surface area contributed by atoms with Crippen LogP contribution in [0.25, 0.3) is 16.9 Å². The summed E-state index contributed by atoms with van der Waals surface area (Å²) < 4.78 is 1.93. The number of rotatable bonds is 1. The van der Waals surface area contributed by atoms with Crippen molar-refractivity contribution in [3.63, 3.8) is 0 Å². The van der Waals surface area contributed by atoms with Gasteiger partial charge in [0.2, 0.25) is 0 Å². The van der Waals surface area contributed by atoms with Crippen molar-refractivity contribution in [1.82, 2.24) is 9.38 Å². The van der Waals surface area contributed by atoms with Gasteiger partial charge in [0.1, 0.15) is 5.82 Å². The van der Waals surface area contributed by atoms with Gasteiger partial charge in [-0.3, -0.25) is 4.40 Å². The zero-order chi connectivity index (χ0) is 11.8. The minimum absolute atomic E-state index is 0.679. The van der Waals surface area contributed by atoms with Crippen LogP contribution in [0.5, 0.6) is 0 Å². The summed E-state index contributed by atoms with van der Waals surface area (Å²) in [5.74, 6) is 0.799. The normalized spacial score (nSPS) is 10.9. The Morgan fingerprint density at radius 3 is 2.53 bits per heavy atom. The molecule has 1 aromatic carbocycles. The van der Waals surface area contributed by atoms with E-state index in [2.05, 4.69) is 4.98 Å². The second-order valence-electron chi connectivity index (χ2n) is 3.67. The molecule has 3 rings (SSSR count). The lowest BCUT2D eigenvalue weighted by Crippen LogP contribution is -1.89. The van der Waals surface area contributed by atoms with Gasteiger partial charge in [0.25, 0.3) is 0 Å². The highest BCUT2D eigenvalue weighted by atomic mass is 35.5. The molecular formula is C13H8Cl2N2. The van der Waals surface area contributed by atoms with Gasteiger partial charge < -0.3 is 0 Å². The summed E-state index contributed by atoms with van der Waals surface area (Å²) in [6.45, 7) is 0. The second kappa shape index (κ2) is 4.06. The van der Waals surface area contributed by atoms with Gasteiger partial charge in [-0.25, -0.2) is 4.98 Å². The van der Waals surface area contributed by atoms with Crippen molar-refractivity contribution in [2.24, 2.45) is 0 Å². The van der Waals surface area contributed by atoms with Crippen LogP contribution >= 0.6 is 23.2 Å². The van der Waals surface area contributed by atoms with E-state index in [0.29, 0.717) is 10.0 Å². The SMILES string of the molecule is Clc1ccccc1-c1ncc2c(Cl)cccn12. The predicted octanol–water partition coefficient (Wildman–Crippen LogP) is 4.31. The Hall–Kier alpha value is -1.51. The molecule has 84 valence electrons. The van der Waals surface area contributed by atoms with Crippen molar-refractivity contribution in [2.75, 3.05) is 0 Å². The van der Waals surface area contributed by atoms with E-state index < -0.39 is 0 Å². The summed E-state index contributed by atoms with van der Waals surface area (Å²) in [6.07, 6.45) is 3.67. The summed E-state index contributed by atoms with van der Waals surface area (Å²) in [5.41, 5.74) is 1.78. The monoisotopic (exact) mass is 262 g/mol. The average molecular weight is 263 g/mol. The number of aromatic nitrogens is 2. The molecule has 0 saturated heterocycles. The van der Waals surface area contributed by atoms with Gasteiger partial charge in [-0.15, -0.1) is 0 Å². The van der Waals surface area contributed by atoms with Crippen molar-refractivity contribution in [2.45, 2.75) is 0 Å². The van der Waals surface area contributed by atoms with E-state index in [4.69, 9.17) is 23.2 Å². The van der Waals surface area contributed by atoms with Gasteiger partial charge in [0.15, 0.2) is 0 Å². The molecule has 0 aliphatic rings. The fraction of sp³-hybridized carbons (Fsp3) is 0. The first-order valence-corrected chi connectivity index (χ1v) is 5.89. The molecule has 0 saturated carbocycles. The molecule has 2 aromatic heterocycles. The highest BCUT2D eigenvalue weighted by Gasteiger charge is 2.10. The molecule has 0 aliphatic heterocycles. The third-order valence-electron chi connectivity index (χ3n) is 2.63. The summed E-state index contributed by atoms with van der Waals surface area (Å²) in [7, 11) is 0. The molecule has 4 heteroatoms. The Morgan fingerprint density at radius 2 is 1.71 bits per heavy atom.